The summed E-state index contributed by atoms with van der Waals surface area (Å²) in [5.41, 5.74) is 8.15. The molecule has 2 aromatic rings. The van der Waals surface area contributed by atoms with E-state index in [0.717, 1.165) is 71.9 Å². The minimum Gasteiger partial charge on any atom is -0.456 e. The molecule has 1 fully saturated rings. The lowest BCUT2D eigenvalue weighted by atomic mass is 9.87. The summed E-state index contributed by atoms with van der Waals surface area (Å²) in [4.78, 5) is 65.6. The van der Waals surface area contributed by atoms with E-state index in [2.05, 4.69) is 32.0 Å². The Labute approximate surface area is 266 Å². The van der Waals surface area contributed by atoms with Gasteiger partial charge in [-0.25, -0.2) is 9.59 Å². The number of methoxy groups -OCH3 is 1. The number of fused-ring (bicyclic) bond motifs is 2. The van der Waals surface area contributed by atoms with E-state index in [4.69, 9.17) is 4.74 Å². The Morgan fingerprint density at radius 2 is 1.43 bits per heavy atom. The van der Waals surface area contributed by atoms with Crippen LogP contribution in [0.4, 0.5) is 4.79 Å². The van der Waals surface area contributed by atoms with Crippen molar-refractivity contribution in [1.82, 2.24) is 10.2 Å². The molecule has 2 aliphatic carbocycles. The van der Waals surface area contributed by atoms with Gasteiger partial charge in [-0.2, -0.15) is 0 Å². The Kier molecular flexibility index (Phi) is 9.87. The molecule has 1 aliphatic heterocycles. The maximum absolute atomic E-state index is 13.4. The molecular weight excluding hydrogens is 628 g/mol. The Morgan fingerprint density at radius 1 is 0.864 bits per heavy atom. The first-order chi connectivity index (χ1) is 21.2. The third-order valence-corrected chi connectivity index (χ3v) is 9.64. The lowest BCUT2D eigenvalue weighted by molar-refractivity contribution is -0.153. The van der Waals surface area contributed by atoms with Gasteiger partial charge in [0.05, 0.1) is 12.4 Å². The Bertz CT molecular complexity index is 1500. The highest BCUT2D eigenvalue weighted by molar-refractivity contribution is 9.09. The molecule has 1 N–H and O–H groups in total. The van der Waals surface area contributed by atoms with Crippen LogP contribution in [0, 0.1) is 5.92 Å². The summed E-state index contributed by atoms with van der Waals surface area (Å²) < 4.78 is 10.2. The van der Waals surface area contributed by atoms with Crippen molar-refractivity contribution in [2.45, 2.75) is 77.3 Å². The van der Waals surface area contributed by atoms with Gasteiger partial charge in [0.25, 0.3) is 0 Å². The largest absolute Gasteiger partial charge is 0.456 e. The molecule has 1 heterocycles. The number of hydrogen-bond acceptors (Lipinski definition) is 7. The molecule has 2 aromatic carbocycles. The number of hydrogen-bond donors (Lipinski definition) is 1. The van der Waals surface area contributed by atoms with Crippen LogP contribution in [-0.4, -0.2) is 72.1 Å². The normalized spacial score (nSPS) is 17.7. The number of rotatable bonds is 10. The molecule has 0 aromatic heterocycles. The van der Waals surface area contributed by atoms with Crippen LogP contribution in [0.5, 0.6) is 0 Å². The first kappa shape index (κ1) is 31.9. The zero-order chi connectivity index (χ0) is 31.5. The molecule has 1 saturated heterocycles. The van der Waals surface area contributed by atoms with Gasteiger partial charge in [0, 0.05) is 17.7 Å². The van der Waals surface area contributed by atoms with Gasteiger partial charge < -0.3 is 19.7 Å². The second-order valence-corrected chi connectivity index (χ2v) is 12.6. The molecule has 5 rings (SSSR count). The molecular formula is C34H39BrN2O7. The first-order valence-corrected chi connectivity index (χ1v) is 16.5. The Morgan fingerprint density at radius 3 is 1.98 bits per heavy atom. The zero-order valence-corrected chi connectivity index (χ0v) is 27.1. The average molecular weight is 668 g/mol. The van der Waals surface area contributed by atoms with E-state index in [1.807, 2.05) is 18.2 Å². The zero-order valence-electron chi connectivity index (χ0n) is 25.5. The molecule has 0 unspecified atom stereocenters. The van der Waals surface area contributed by atoms with Crippen molar-refractivity contribution in [2.75, 3.05) is 25.6 Å². The fourth-order valence-electron chi connectivity index (χ4n) is 6.98. The van der Waals surface area contributed by atoms with Crippen LogP contribution in [0.15, 0.2) is 24.3 Å². The molecule has 0 radical (unpaired) electrons. The fraction of sp³-hybridized carbons (Fsp3) is 0.500. The van der Waals surface area contributed by atoms with Gasteiger partial charge in [-0.05, 0) is 90.7 Å². The molecule has 10 heteroatoms. The van der Waals surface area contributed by atoms with Crippen molar-refractivity contribution in [2.24, 2.45) is 5.92 Å². The predicted molar refractivity (Wildman–Crippen MR) is 168 cm³/mol. The van der Waals surface area contributed by atoms with Crippen molar-refractivity contribution in [3.05, 3.63) is 57.6 Å². The average Bonchev–Trinajstić information content (AvgIpc) is 3.81. The van der Waals surface area contributed by atoms with Crippen molar-refractivity contribution in [3.8, 4) is 11.1 Å². The summed E-state index contributed by atoms with van der Waals surface area (Å²) in [6.07, 6.45) is 5.73. The molecule has 9 nitrogen and oxygen atoms in total. The molecule has 2 atom stereocenters. The first-order valence-electron chi connectivity index (χ1n) is 15.4. The van der Waals surface area contributed by atoms with Crippen molar-refractivity contribution < 1.29 is 33.4 Å². The van der Waals surface area contributed by atoms with Crippen molar-refractivity contribution in [3.63, 3.8) is 0 Å². The van der Waals surface area contributed by atoms with Gasteiger partial charge in [-0.3, -0.25) is 14.4 Å². The van der Waals surface area contributed by atoms with Crippen LogP contribution in [0.2, 0.25) is 0 Å². The number of nitrogens with zero attached hydrogens (tertiary/aromatic N) is 1. The molecule has 3 aliphatic rings. The number of Topliss-reactive ketones (excluding diaryl/α,β-unsaturated/α-hetero) is 2. The SMILES string of the molecule is COC(=O)N[C@H](C(=O)N1CCC[C@H]1C(=O)OCC(=O)c1ccc(-c2ccc(C(=O)CBr)c3c2CCC3)c2c1CCC2)C(C)C. The number of esters is 1. The van der Waals surface area contributed by atoms with E-state index in [-0.39, 0.29) is 23.4 Å². The minimum absolute atomic E-state index is 0.0955. The van der Waals surface area contributed by atoms with Gasteiger partial charge in [-0.1, -0.05) is 54.0 Å². The van der Waals surface area contributed by atoms with E-state index in [1.165, 1.54) is 17.6 Å². The standard InChI is InChI=1S/C34H39BrN2O7/c1-19(2)31(36-34(42)43-3)32(40)37-16-6-11-28(37)33(41)44-18-30(39)27-15-13-25(21-8-5-10-23(21)27)24-12-14-26(29(38)17-35)22-9-4-7-20(22)24/h12-15,19,28,31H,4-11,16-18H2,1-3H3,(H,36,42)/t28-,31-/m0/s1. The number of likely N-dealkylation sites (tertiary alicyclic amines) is 1. The number of benzene rings is 2. The second-order valence-electron chi connectivity index (χ2n) is 12.1. The number of amides is 2. The number of ether oxygens (including phenoxy) is 2. The van der Waals surface area contributed by atoms with Crippen LogP contribution in [-0.2, 0) is 44.7 Å². The maximum Gasteiger partial charge on any atom is 0.407 e. The van der Waals surface area contributed by atoms with E-state index in [0.29, 0.717) is 30.3 Å². The number of nitrogens with one attached hydrogen (secondary N) is 1. The number of alkyl halides is 1. The molecule has 0 saturated carbocycles. The van der Waals surface area contributed by atoms with Gasteiger partial charge in [-0.15, -0.1) is 0 Å². The van der Waals surface area contributed by atoms with Crippen LogP contribution in [0.1, 0.15) is 82.5 Å². The van der Waals surface area contributed by atoms with Crippen LogP contribution in [0.3, 0.4) is 0 Å². The third-order valence-electron chi connectivity index (χ3n) is 9.13. The van der Waals surface area contributed by atoms with E-state index < -0.39 is 30.8 Å². The van der Waals surface area contributed by atoms with E-state index >= 15 is 0 Å². The monoisotopic (exact) mass is 666 g/mol. The summed E-state index contributed by atoms with van der Waals surface area (Å²) in [5.74, 6) is -1.39. The highest BCUT2D eigenvalue weighted by atomic mass is 79.9. The van der Waals surface area contributed by atoms with Crippen LogP contribution in [0.25, 0.3) is 11.1 Å². The van der Waals surface area contributed by atoms with E-state index in [9.17, 15) is 24.0 Å². The van der Waals surface area contributed by atoms with Crippen LogP contribution < -0.4 is 5.32 Å². The number of carbonyl (C=O) groups is 5. The van der Waals surface area contributed by atoms with Gasteiger partial charge in [0.15, 0.2) is 12.4 Å². The smallest absolute Gasteiger partial charge is 0.407 e. The highest BCUT2D eigenvalue weighted by Crippen LogP contribution is 2.40. The minimum atomic E-state index is -0.846. The number of halogens is 1. The van der Waals surface area contributed by atoms with Crippen LogP contribution >= 0.6 is 15.9 Å². The molecule has 2 amide bonds. The molecule has 0 bridgehead atoms. The topological polar surface area (TPSA) is 119 Å². The molecule has 44 heavy (non-hydrogen) atoms. The lowest BCUT2D eigenvalue weighted by Gasteiger charge is -2.29. The highest BCUT2D eigenvalue weighted by Gasteiger charge is 2.40. The fourth-order valence-corrected chi connectivity index (χ4v) is 7.28. The summed E-state index contributed by atoms with van der Waals surface area (Å²) in [6.45, 7) is 3.56. The summed E-state index contributed by atoms with van der Waals surface area (Å²) in [6, 6.07) is 6.17. The summed E-state index contributed by atoms with van der Waals surface area (Å²) in [7, 11) is 1.23. The lowest BCUT2D eigenvalue weighted by Crippen LogP contribution is -2.54. The number of ketones is 2. The third kappa shape index (κ3) is 6.18. The number of carbonyl (C=O) groups excluding carboxylic acids is 5. The Hall–Kier alpha value is -3.53. The molecule has 0 spiro atoms. The molecule has 234 valence electrons. The van der Waals surface area contributed by atoms with Gasteiger partial charge in [0.1, 0.15) is 12.1 Å². The second kappa shape index (κ2) is 13.6. The number of alkyl carbamates (subject to hydrolysis) is 1. The van der Waals surface area contributed by atoms with E-state index in [1.54, 1.807) is 13.8 Å². The summed E-state index contributed by atoms with van der Waals surface area (Å²) >= 11 is 3.31. The van der Waals surface area contributed by atoms with Crippen molar-refractivity contribution >= 4 is 45.5 Å². The Balaban J connectivity index is 1.31. The predicted octanol–water partition coefficient (Wildman–Crippen LogP) is 5.01. The van der Waals surface area contributed by atoms with Crippen molar-refractivity contribution in [1.29, 1.82) is 0 Å². The quantitative estimate of drug-likeness (QED) is 0.215. The van der Waals surface area contributed by atoms with Gasteiger partial charge in [0.2, 0.25) is 11.7 Å². The maximum atomic E-state index is 13.4. The van der Waals surface area contributed by atoms with Gasteiger partial charge >= 0.3 is 12.1 Å². The summed E-state index contributed by atoms with van der Waals surface area (Å²) in [5, 5.41) is 2.86.